The fourth-order valence-electron chi connectivity index (χ4n) is 2.62. The van der Waals surface area contributed by atoms with Gasteiger partial charge in [-0.15, -0.1) is 0 Å². The number of fused-ring (bicyclic) bond motifs is 1. The molecule has 3 rings (SSSR count). The van der Waals surface area contributed by atoms with Crippen molar-refractivity contribution in [1.29, 1.82) is 0 Å². The summed E-state index contributed by atoms with van der Waals surface area (Å²) in [7, 11) is 0. The van der Waals surface area contributed by atoms with Crippen LogP contribution in [0, 0.1) is 10.1 Å². The molecule has 5 heteroatoms. The smallest absolute Gasteiger partial charge is 0.292 e. The number of hydrogen-bond acceptors (Lipinski definition) is 4. The van der Waals surface area contributed by atoms with Crippen LogP contribution in [0.15, 0.2) is 42.5 Å². The maximum atomic E-state index is 11.8. The molecule has 2 aromatic rings. The molecule has 0 amide bonds. The molecule has 21 heavy (non-hydrogen) atoms. The van der Waals surface area contributed by atoms with Gasteiger partial charge in [0.15, 0.2) is 5.78 Å². The number of hydrogen-bond donors (Lipinski definition) is 1. The zero-order valence-electron chi connectivity index (χ0n) is 11.3. The second kappa shape index (κ2) is 5.36. The molecule has 0 heterocycles. The van der Waals surface area contributed by atoms with Crippen LogP contribution in [0.5, 0.6) is 0 Å². The maximum Gasteiger partial charge on any atom is 0.292 e. The summed E-state index contributed by atoms with van der Waals surface area (Å²) in [6, 6.07) is 12.0. The van der Waals surface area contributed by atoms with Crippen molar-refractivity contribution in [2.24, 2.45) is 0 Å². The highest BCUT2D eigenvalue weighted by Crippen LogP contribution is 2.29. The summed E-state index contributed by atoms with van der Waals surface area (Å²) in [5.41, 5.74) is 3.03. The van der Waals surface area contributed by atoms with Gasteiger partial charge in [-0.05, 0) is 42.7 Å². The van der Waals surface area contributed by atoms with Gasteiger partial charge in [-0.3, -0.25) is 14.9 Å². The van der Waals surface area contributed by atoms with E-state index < -0.39 is 4.92 Å². The van der Waals surface area contributed by atoms with E-state index in [0.29, 0.717) is 12.1 Å². The number of carbonyl (C=O) groups is 1. The molecule has 1 aliphatic carbocycles. The Morgan fingerprint density at radius 2 is 1.90 bits per heavy atom. The van der Waals surface area contributed by atoms with E-state index in [0.717, 1.165) is 29.7 Å². The molecule has 1 N–H and O–H groups in total. The van der Waals surface area contributed by atoms with Crippen molar-refractivity contribution in [3.05, 3.63) is 63.7 Å². The van der Waals surface area contributed by atoms with Crippen LogP contribution in [0.4, 0.5) is 17.1 Å². The first-order valence-electron chi connectivity index (χ1n) is 6.82. The number of carbonyl (C=O) groups excluding carboxylic acids is 1. The van der Waals surface area contributed by atoms with E-state index in [1.807, 2.05) is 6.07 Å². The van der Waals surface area contributed by atoms with Gasteiger partial charge in [-0.25, -0.2) is 0 Å². The number of anilines is 2. The van der Waals surface area contributed by atoms with Crippen molar-refractivity contribution in [2.45, 2.75) is 19.3 Å². The second-order valence-corrected chi connectivity index (χ2v) is 5.05. The molecule has 0 aromatic heterocycles. The minimum absolute atomic E-state index is 0.0336. The van der Waals surface area contributed by atoms with Crippen molar-refractivity contribution in [3.8, 4) is 0 Å². The first kappa shape index (κ1) is 13.3. The van der Waals surface area contributed by atoms with Crippen LogP contribution < -0.4 is 5.32 Å². The topological polar surface area (TPSA) is 72.2 Å². The molecule has 1 aliphatic rings. The number of nitro benzene ring substituents is 1. The van der Waals surface area contributed by atoms with Gasteiger partial charge in [0.25, 0.3) is 5.69 Å². The maximum absolute atomic E-state index is 11.8. The fraction of sp³-hybridized carbons (Fsp3) is 0.188. The molecular weight excluding hydrogens is 268 g/mol. The molecule has 0 saturated carbocycles. The van der Waals surface area contributed by atoms with Crippen LogP contribution in [-0.4, -0.2) is 10.7 Å². The molecule has 0 bridgehead atoms. The predicted octanol–water partition coefficient (Wildman–Crippen LogP) is 3.86. The third-order valence-corrected chi connectivity index (χ3v) is 3.64. The number of rotatable bonds is 3. The zero-order valence-corrected chi connectivity index (χ0v) is 11.3. The lowest BCUT2D eigenvalue weighted by Gasteiger charge is -2.16. The SMILES string of the molecule is O=C1CCCc2cc(Nc3ccccc3[N+](=O)[O-])ccc21. The highest BCUT2D eigenvalue weighted by molar-refractivity contribution is 5.99. The Morgan fingerprint density at radius 1 is 1.10 bits per heavy atom. The quantitative estimate of drug-likeness (QED) is 0.685. The van der Waals surface area contributed by atoms with Crippen molar-refractivity contribution >= 4 is 22.8 Å². The first-order chi connectivity index (χ1) is 10.1. The van der Waals surface area contributed by atoms with Gasteiger partial charge in [-0.2, -0.15) is 0 Å². The lowest BCUT2D eigenvalue weighted by Crippen LogP contribution is -2.10. The van der Waals surface area contributed by atoms with Crippen molar-refractivity contribution in [1.82, 2.24) is 0 Å². The predicted molar refractivity (Wildman–Crippen MR) is 80.1 cm³/mol. The van der Waals surface area contributed by atoms with E-state index in [2.05, 4.69) is 5.32 Å². The molecule has 0 atom stereocenters. The molecule has 0 saturated heterocycles. The lowest BCUT2D eigenvalue weighted by atomic mass is 9.90. The average molecular weight is 282 g/mol. The molecule has 0 spiro atoms. The monoisotopic (exact) mass is 282 g/mol. The number of nitrogens with one attached hydrogen (secondary N) is 1. The summed E-state index contributed by atoms with van der Waals surface area (Å²) in [5, 5.41) is 14.1. The minimum Gasteiger partial charge on any atom is -0.350 e. The van der Waals surface area contributed by atoms with Crippen molar-refractivity contribution in [3.63, 3.8) is 0 Å². The average Bonchev–Trinajstić information content (AvgIpc) is 2.48. The van der Waals surface area contributed by atoms with E-state index in [1.165, 1.54) is 6.07 Å². The number of aryl methyl sites for hydroxylation is 1. The molecule has 0 radical (unpaired) electrons. The van der Waals surface area contributed by atoms with E-state index in [-0.39, 0.29) is 11.5 Å². The largest absolute Gasteiger partial charge is 0.350 e. The van der Waals surface area contributed by atoms with Gasteiger partial charge in [0.1, 0.15) is 5.69 Å². The van der Waals surface area contributed by atoms with Crippen molar-refractivity contribution in [2.75, 3.05) is 5.32 Å². The summed E-state index contributed by atoms with van der Waals surface area (Å²) >= 11 is 0. The van der Waals surface area contributed by atoms with Crippen LogP contribution in [0.1, 0.15) is 28.8 Å². The van der Waals surface area contributed by atoms with Crippen LogP contribution >= 0.6 is 0 Å². The van der Waals surface area contributed by atoms with Crippen LogP contribution in [0.3, 0.4) is 0 Å². The first-order valence-corrected chi connectivity index (χ1v) is 6.82. The van der Waals surface area contributed by atoms with Crippen LogP contribution in [-0.2, 0) is 6.42 Å². The van der Waals surface area contributed by atoms with E-state index in [1.54, 1.807) is 30.3 Å². The Kier molecular flexibility index (Phi) is 3.39. The van der Waals surface area contributed by atoms with Crippen molar-refractivity contribution < 1.29 is 9.72 Å². The summed E-state index contributed by atoms with van der Waals surface area (Å²) in [6.45, 7) is 0. The number of para-hydroxylation sites is 2. The van der Waals surface area contributed by atoms with E-state index in [4.69, 9.17) is 0 Å². The van der Waals surface area contributed by atoms with Crippen LogP contribution in [0.25, 0.3) is 0 Å². The van der Waals surface area contributed by atoms with Gasteiger partial charge in [0, 0.05) is 23.7 Å². The number of nitro groups is 1. The highest BCUT2D eigenvalue weighted by Gasteiger charge is 2.18. The van der Waals surface area contributed by atoms with Gasteiger partial charge >= 0.3 is 0 Å². The number of Topliss-reactive ketones (excluding diaryl/α,β-unsaturated/α-hetero) is 1. The van der Waals surface area contributed by atoms with Gasteiger partial charge in [-0.1, -0.05) is 12.1 Å². The Bertz CT molecular complexity index is 725. The molecule has 0 aliphatic heterocycles. The number of benzene rings is 2. The normalized spacial score (nSPS) is 13.6. The number of ketones is 1. The molecule has 0 unspecified atom stereocenters. The fourth-order valence-corrected chi connectivity index (χ4v) is 2.62. The molecule has 106 valence electrons. The molecule has 2 aromatic carbocycles. The Hall–Kier alpha value is -2.69. The lowest BCUT2D eigenvalue weighted by molar-refractivity contribution is -0.383. The zero-order chi connectivity index (χ0) is 14.8. The molecule has 5 nitrogen and oxygen atoms in total. The van der Waals surface area contributed by atoms with Gasteiger partial charge < -0.3 is 5.32 Å². The summed E-state index contributed by atoms with van der Waals surface area (Å²) < 4.78 is 0. The summed E-state index contributed by atoms with van der Waals surface area (Å²) in [6.07, 6.45) is 2.33. The Labute approximate surface area is 121 Å². The molecule has 0 fully saturated rings. The third-order valence-electron chi connectivity index (χ3n) is 3.64. The second-order valence-electron chi connectivity index (χ2n) is 5.05. The van der Waals surface area contributed by atoms with E-state index >= 15 is 0 Å². The third kappa shape index (κ3) is 2.63. The summed E-state index contributed by atoms with van der Waals surface area (Å²) in [5.74, 6) is 0.175. The standard InChI is InChI=1S/C16H14N2O3/c19-16-7-3-4-11-10-12(8-9-13(11)16)17-14-5-1-2-6-15(14)18(20)21/h1-2,5-6,8-10,17H,3-4,7H2. The molecular formula is C16H14N2O3. The van der Waals surface area contributed by atoms with Crippen LogP contribution in [0.2, 0.25) is 0 Å². The Balaban J connectivity index is 1.93. The number of nitrogens with zero attached hydrogens (tertiary/aromatic N) is 1. The van der Waals surface area contributed by atoms with Gasteiger partial charge in [0.05, 0.1) is 4.92 Å². The minimum atomic E-state index is -0.412. The van der Waals surface area contributed by atoms with Gasteiger partial charge in [0.2, 0.25) is 0 Å². The highest BCUT2D eigenvalue weighted by atomic mass is 16.6. The Morgan fingerprint density at radius 3 is 2.71 bits per heavy atom. The van der Waals surface area contributed by atoms with E-state index in [9.17, 15) is 14.9 Å². The summed E-state index contributed by atoms with van der Waals surface area (Å²) in [4.78, 5) is 22.4.